The molecule has 1 atom stereocenters. The number of anilines is 1. The molecule has 5 rings (SSSR count). The molecule has 0 radical (unpaired) electrons. The van der Waals surface area contributed by atoms with Crippen molar-refractivity contribution in [3.05, 3.63) is 52.1 Å². The highest BCUT2D eigenvalue weighted by Gasteiger charge is 2.34. The molecule has 4 aromatic rings. The number of thiazole rings is 1. The Morgan fingerprint density at radius 2 is 2.08 bits per heavy atom. The predicted octanol–water partition coefficient (Wildman–Crippen LogP) is 4.52. The summed E-state index contributed by atoms with van der Waals surface area (Å²) in [5.74, 6) is 1.57. The smallest absolute Gasteiger partial charge is 0.158 e. The summed E-state index contributed by atoms with van der Waals surface area (Å²) in [4.78, 5) is 10.8. The van der Waals surface area contributed by atoms with Crippen molar-refractivity contribution >= 4 is 33.7 Å². The first-order valence-electron chi connectivity index (χ1n) is 8.63. The van der Waals surface area contributed by atoms with Crippen LogP contribution in [0.1, 0.15) is 34.5 Å². The van der Waals surface area contributed by atoms with Crippen molar-refractivity contribution in [3.63, 3.8) is 0 Å². The topological polar surface area (TPSA) is 55.1 Å². The van der Waals surface area contributed by atoms with Gasteiger partial charge in [0.2, 0.25) is 0 Å². The van der Waals surface area contributed by atoms with Gasteiger partial charge in [-0.15, -0.1) is 11.3 Å². The van der Waals surface area contributed by atoms with Gasteiger partial charge in [0.25, 0.3) is 0 Å². The van der Waals surface area contributed by atoms with Crippen LogP contribution in [0.5, 0.6) is 0 Å². The van der Waals surface area contributed by atoms with Crippen LogP contribution in [0.15, 0.2) is 36.5 Å². The molecule has 1 aliphatic rings. The van der Waals surface area contributed by atoms with Crippen molar-refractivity contribution in [2.75, 3.05) is 5.32 Å². The van der Waals surface area contributed by atoms with Gasteiger partial charge in [0.15, 0.2) is 5.65 Å². The minimum atomic E-state index is 0.237. The maximum Gasteiger partial charge on any atom is 0.158 e. The van der Waals surface area contributed by atoms with E-state index >= 15 is 0 Å². The molecular formula is C19H19N5S. The Balaban J connectivity index is 1.65. The molecular weight excluding hydrogens is 330 g/mol. The molecule has 1 fully saturated rings. The summed E-state index contributed by atoms with van der Waals surface area (Å²) >= 11 is 1.78. The van der Waals surface area contributed by atoms with E-state index in [0.717, 1.165) is 33.1 Å². The standard InChI is InChI=1S/C19H19N5S/c1-11-9-16-21-18(14-5-3-4-6-15(14)24(16)23-11)22-17(13-7-8-13)19-20-10-12(2)25-19/h3-6,9-10,13,17H,7-8H2,1-2H3,(H,21,22). The second-order valence-electron chi connectivity index (χ2n) is 6.80. The van der Waals surface area contributed by atoms with Crippen molar-refractivity contribution in [1.29, 1.82) is 0 Å². The third-order valence-corrected chi connectivity index (χ3v) is 5.71. The summed E-state index contributed by atoms with van der Waals surface area (Å²) in [6.45, 7) is 4.11. The van der Waals surface area contributed by atoms with Crippen molar-refractivity contribution in [2.24, 2.45) is 5.92 Å². The molecule has 0 aliphatic heterocycles. The summed E-state index contributed by atoms with van der Waals surface area (Å²) in [6.07, 6.45) is 4.47. The molecule has 1 aromatic carbocycles. The highest BCUT2D eigenvalue weighted by atomic mass is 32.1. The van der Waals surface area contributed by atoms with E-state index in [1.54, 1.807) is 11.3 Å². The minimum absolute atomic E-state index is 0.237. The van der Waals surface area contributed by atoms with Crippen LogP contribution >= 0.6 is 11.3 Å². The van der Waals surface area contributed by atoms with E-state index in [4.69, 9.17) is 4.98 Å². The van der Waals surface area contributed by atoms with E-state index in [2.05, 4.69) is 40.5 Å². The molecule has 1 unspecified atom stereocenters. The molecule has 0 saturated heterocycles. The number of fused-ring (bicyclic) bond motifs is 3. The third-order valence-electron chi connectivity index (χ3n) is 4.72. The lowest BCUT2D eigenvalue weighted by Crippen LogP contribution is -2.14. The maximum atomic E-state index is 4.87. The lowest BCUT2D eigenvalue weighted by Gasteiger charge is -2.18. The van der Waals surface area contributed by atoms with E-state index in [0.29, 0.717) is 5.92 Å². The van der Waals surface area contributed by atoms with Gasteiger partial charge in [-0.25, -0.2) is 14.5 Å². The van der Waals surface area contributed by atoms with Gasteiger partial charge >= 0.3 is 0 Å². The largest absolute Gasteiger partial charge is 0.360 e. The molecule has 0 bridgehead atoms. The van der Waals surface area contributed by atoms with Crippen molar-refractivity contribution < 1.29 is 0 Å². The summed E-state index contributed by atoms with van der Waals surface area (Å²) in [5.41, 5.74) is 2.93. The Bertz CT molecular complexity index is 1080. The number of nitrogens with one attached hydrogen (secondary N) is 1. The Labute approximate surface area is 149 Å². The van der Waals surface area contributed by atoms with Crippen LogP contribution < -0.4 is 5.32 Å². The molecule has 126 valence electrons. The molecule has 1 saturated carbocycles. The Kier molecular flexibility index (Phi) is 3.28. The summed E-state index contributed by atoms with van der Waals surface area (Å²) in [5, 5.41) is 10.6. The first-order chi connectivity index (χ1) is 12.2. The van der Waals surface area contributed by atoms with Crippen LogP contribution in [-0.2, 0) is 0 Å². The molecule has 1 aliphatic carbocycles. The average Bonchev–Trinajstić information content (AvgIpc) is 3.25. The first-order valence-corrected chi connectivity index (χ1v) is 9.45. The molecule has 5 nitrogen and oxygen atoms in total. The zero-order valence-electron chi connectivity index (χ0n) is 14.2. The fraction of sp³-hybridized carbons (Fsp3) is 0.316. The fourth-order valence-corrected chi connectivity index (χ4v) is 4.28. The zero-order valence-corrected chi connectivity index (χ0v) is 15.0. The lowest BCUT2D eigenvalue weighted by atomic mass is 10.1. The van der Waals surface area contributed by atoms with Crippen molar-refractivity contribution in [3.8, 4) is 0 Å². The third kappa shape index (κ3) is 2.57. The number of aromatic nitrogens is 4. The van der Waals surface area contributed by atoms with Crippen LogP contribution in [0.3, 0.4) is 0 Å². The highest BCUT2D eigenvalue weighted by molar-refractivity contribution is 7.11. The van der Waals surface area contributed by atoms with E-state index in [-0.39, 0.29) is 6.04 Å². The fourth-order valence-electron chi connectivity index (χ4n) is 3.36. The van der Waals surface area contributed by atoms with Crippen LogP contribution in [0, 0.1) is 19.8 Å². The van der Waals surface area contributed by atoms with Crippen LogP contribution in [-0.4, -0.2) is 19.6 Å². The van der Waals surface area contributed by atoms with Gasteiger partial charge in [0.05, 0.1) is 17.3 Å². The highest BCUT2D eigenvalue weighted by Crippen LogP contribution is 2.44. The molecule has 0 spiro atoms. The van der Waals surface area contributed by atoms with E-state index in [9.17, 15) is 0 Å². The monoisotopic (exact) mass is 349 g/mol. The van der Waals surface area contributed by atoms with E-state index in [1.165, 1.54) is 17.7 Å². The van der Waals surface area contributed by atoms with Gasteiger partial charge in [-0.2, -0.15) is 5.10 Å². The maximum absolute atomic E-state index is 4.87. The molecule has 6 heteroatoms. The summed E-state index contributed by atoms with van der Waals surface area (Å²) < 4.78 is 1.93. The van der Waals surface area contributed by atoms with E-state index < -0.39 is 0 Å². The number of nitrogens with zero attached hydrogens (tertiary/aromatic N) is 4. The number of para-hydroxylation sites is 1. The summed E-state index contributed by atoms with van der Waals surface area (Å²) in [7, 11) is 0. The second-order valence-corrected chi connectivity index (χ2v) is 8.07. The van der Waals surface area contributed by atoms with Crippen LogP contribution in [0.25, 0.3) is 16.6 Å². The zero-order chi connectivity index (χ0) is 17.0. The first kappa shape index (κ1) is 14.8. The molecule has 1 N–H and O–H groups in total. The predicted molar refractivity (Wildman–Crippen MR) is 101 cm³/mol. The number of benzene rings is 1. The second kappa shape index (κ2) is 5.52. The molecule has 3 heterocycles. The van der Waals surface area contributed by atoms with Gasteiger partial charge < -0.3 is 5.32 Å². The number of aryl methyl sites for hydroxylation is 2. The Morgan fingerprint density at radius 1 is 1.24 bits per heavy atom. The van der Waals surface area contributed by atoms with Crippen LogP contribution in [0.2, 0.25) is 0 Å². The van der Waals surface area contributed by atoms with Gasteiger partial charge in [0, 0.05) is 22.5 Å². The van der Waals surface area contributed by atoms with Crippen molar-refractivity contribution in [2.45, 2.75) is 32.7 Å². The normalized spacial score (nSPS) is 15.8. The average molecular weight is 349 g/mol. The lowest BCUT2D eigenvalue weighted by molar-refractivity contribution is 0.671. The van der Waals surface area contributed by atoms with Crippen molar-refractivity contribution in [1.82, 2.24) is 19.6 Å². The Morgan fingerprint density at radius 3 is 2.84 bits per heavy atom. The van der Waals surface area contributed by atoms with Gasteiger partial charge in [0.1, 0.15) is 10.8 Å². The number of hydrogen-bond acceptors (Lipinski definition) is 5. The van der Waals surface area contributed by atoms with Gasteiger partial charge in [-0.1, -0.05) is 12.1 Å². The molecule has 0 amide bonds. The summed E-state index contributed by atoms with van der Waals surface area (Å²) in [6, 6.07) is 10.6. The molecule has 3 aromatic heterocycles. The van der Waals surface area contributed by atoms with Crippen LogP contribution in [0.4, 0.5) is 5.82 Å². The minimum Gasteiger partial charge on any atom is -0.360 e. The van der Waals surface area contributed by atoms with Gasteiger partial charge in [-0.3, -0.25) is 0 Å². The number of hydrogen-bond donors (Lipinski definition) is 1. The quantitative estimate of drug-likeness (QED) is 0.588. The van der Waals surface area contributed by atoms with Gasteiger partial charge in [-0.05, 0) is 44.7 Å². The van der Waals surface area contributed by atoms with E-state index in [1.807, 2.05) is 29.8 Å². The SMILES string of the molecule is Cc1cc2nc(NC(c3ncc(C)s3)C3CC3)c3ccccc3n2n1. The number of rotatable bonds is 4. The Hall–Kier alpha value is -2.47. The molecule has 25 heavy (non-hydrogen) atoms.